The molecule has 0 saturated carbocycles. The summed E-state index contributed by atoms with van der Waals surface area (Å²) in [6.45, 7) is 4.57. The van der Waals surface area contributed by atoms with Crippen molar-refractivity contribution in [3.8, 4) is 0 Å². The van der Waals surface area contributed by atoms with E-state index in [0.29, 0.717) is 0 Å². The van der Waals surface area contributed by atoms with Gasteiger partial charge in [0, 0.05) is 0 Å². The first-order valence-corrected chi connectivity index (χ1v) is 9.01. The molecule has 0 heterocycles. The molecule has 6 heteroatoms. The molecule has 20 heavy (non-hydrogen) atoms. The number of unbranched alkanes of at least 4 members (excludes halogenated alkanes) is 11. The average molecular weight is 319 g/mol. The molecule has 0 aliphatic carbocycles. The van der Waals surface area contributed by atoms with Gasteiger partial charge >= 0.3 is 40.0 Å². The standard InChI is InChI=1S/C14H30.Na.H2O4S/c1-3-5-7-9-11-13-14-12-10-8-6-4-2;;1-5(2,3)4/h3-14H2,1-2H3;;(H2,1,2,3,4)/q;+1;. The molecule has 0 aliphatic heterocycles. The van der Waals surface area contributed by atoms with E-state index in [4.69, 9.17) is 17.5 Å². The Morgan fingerprint density at radius 1 is 0.600 bits per heavy atom. The molecule has 0 unspecified atom stereocenters. The molecule has 0 atom stereocenters. The van der Waals surface area contributed by atoms with Crippen molar-refractivity contribution in [1.82, 2.24) is 0 Å². The second-order valence-electron chi connectivity index (χ2n) is 4.98. The molecule has 0 bridgehead atoms. The smallest absolute Gasteiger partial charge is 0.264 e. The van der Waals surface area contributed by atoms with Crippen LogP contribution >= 0.6 is 0 Å². The molecule has 0 radical (unpaired) electrons. The first-order chi connectivity index (χ1) is 8.91. The first kappa shape index (κ1) is 25.8. The van der Waals surface area contributed by atoms with Gasteiger partial charge in [-0.15, -0.1) is 0 Å². The van der Waals surface area contributed by atoms with Gasteiger partial charge in [0.25, 0.3) is 0 Å². The van der Waals surface area contributed by atoms with Crippen molar-refractivity contribution in [2.24, 2.45) is 0 Å². The Kier molecular flexibility index (Phi) is 25.6. The zero-order chi connectivity index (χ0) is 15.0. The maximum absolute atomic E-state index is 8.74. The van der Waals surface area contributed by atoms with Gasteiger partial charge in [0.1, 0.15) is 0 Å². The number of rotatable bonds is 11. The van der Waals surface area contributed by atoms with Gasteiger partial charge in [0.05, 0.1) is 0 Å². The largest absolute Gasteiger partial charge is 1.00 e. The molecule has 0 aromatic carbocycles. The molecular weight excluding hydrogens is 287 g/mol. The van der Waals surface area contributed by atoms with Crippen LogP contribution in [0.25, 0.3) is 0 Å². The topological polar surface area (TPSA) is 74.6 Å². The minimum absolute atomic E-state index is 0. The quantitative estimate of drug-likeness (QED) is 0.347. The molecule has 4 nitrogen and oxygen atoms in total. The van der Waals surface area contributed by atoms with E-state index in [1.807, 2.05) is 0 Å². The number of hydrogen-bond donors (Lipinski definition) is 2. The minimum atomic E-state index is -4.67. The molecule has 0 aromatic rings. The van der Waals surface area contributed by atoms with Gasteiger partial charge in [0.2, 0.25) is 0 Å². The van der Waals surface area contributed by atoms with E-state index in [2.05, 4.69) is 13.8 Å². The Bertz CT molecular complexity index is 236. The fraction of sp³-hybridized carbons (Fsp3) is 1.00. The van der Waals surface area contributed by atoms with E-state index in [0.717, 1.165) is 0 Å². The average Bonchev–Trinajstić information content (AvgIpc) is 2.29. The van der Waals surface area contributed by atoms with E-state index in [1.54, 1.807) is 0 Å². The molecule has 0 fully saturated rings. The molecule has 0 saturated heterocycles. The predicted octanol–water partition coefficient (Wildman–Crippen LogP) is 2.06. The summed E-state index contributed by atoms with van der Waals surface area (Å²) in [4.78, 5) is 0. The summed E-state index contributed by atoms with van der Waals surface area (Å²) in [7, 11) is -4.67. The van der Waals surface area contributed by atoms with Crippen LogP contribution < -0.4 is 29.6 Å². The number of hydrogen-bond acceptors (Lipinski definition) is 2. The fourth-order valence-electron chi connectivity index (χ4n) is 1.91. The summed E-state index contributed by atoms with van der Waals surface area (Å²) in [5.74, 6) is 0. The van der Waals surface area contributed by atoms with Crippen LogP contribution in [0.3, 0.4) is 0 Å². The Morgan fingerprint density at radius 3 is 0.900 bits per heavy atom. The minimum Gasteiger partial charge on any atom is -0.264 e. The Labute approximate surface area is 148 Å². The van der Waals surface area contributed by atoms with E-state index in [1.165, 1.54) is 77.0 Å². The van der Waals surface area contributed by atoms with Crippen molar-refractivity contribution >= 4 is 10.4 Å². The van der Waals surface area contributed by atoms with Crippen molar-refractivity contribution in [2.75, 3.05) is 0 Å². The maximum Gasteiger partial charge on any atom is 1.00 e. The van der Waals surface area contributed by atoms with Crippen molar-refractivity contribution in [1.29, 1.82) is 0 Å². The summed E-state index contributed by atoms with van der Waals surface area (Å²) < 4.78 is 31.6. The zero-order valence-corrected chi connectivity index (χ0v) is 16.4. The third-order valence-electron chi connectivity index (χ3n) is 2.96. The van der Waals surface area contributed by atoms with Gasteiger partial charge in [-0.1, -0.05) is 90.9 Å². The Balaban J connectivity index is -0.000000414. The van der Waals surface area contributed by atoms with Gasteiger partial charge in [-0.25, -0.2) is 0 Å². The van der Waals surface area contributed by atoms with Gasteiger partial charge in [-0.2, -0.15) is 8.42 Å². The summed E-state index contributed by atoms with van der Waals surface area (Å²) in [5.41, 5.74) is 0. The Hall–Kier alpha value is 0.870. The first-order valence-electron chi connectivity index (χ1n) is 7.61. The van der Waals surface area contributed by atoms with Crippen LogP contribution in [0, 0.1) is 0 Å². The van der Waals surface area contributed by atoms with Crippen molar-refractivity contribution in [3.63, 3.8) is 0 Å². The van der Waals surface area contributed by atoms with Crippen LogP contribution in [0.4, 0.5) is 0 Å². The maximum atomic E-state index is 8.74. The predicted molar refractivity (Wildman–Crippen MR) is 80.9 cm³/mol. The normalized spacial score (nSPS) is 10.4. The van der Waals surface area contributed by atoms with Crippen molar-refractivity contribution in [2.45, 2.75) is 90.9 Å². The Morgan fingerprint density at radius 2 is 0.750 bits per heavy atom. The molecule has 0 spiro atoms. The molecule has 0 aromatic heterocycles. The third kappa shape index (κ3) is 42.8. The van der Waals surface area contributed by atoms with Gasteiger partial charge in [0.15, 0.2) is 0 Å². The molecule has 0 amide bonds. The van der Waals surface area contributed by atoms with Crippen LogP contribution in [-0.4, -0.2) is 17.5 Å². The molecule has 118 valence electrons. The van der Waals surface area contributed by atoms with Crippen LogP contribution in [0.15, 0.2) is 0 Å². The SMILES string of the molecule is CCCCCCCCCCCCCC.O=S(=O)(O)O.[Na+]. The molecular formula is C14H32NaO4S+. The second-order valence-corrected chi connectivity index (χ2v) is 5.88. The van der Waals surface area contributed by atoms with Crippen LogP contribution in [-0.2, 0) is 10.4 Å². The van der Waals surface area contributed by atoms with E-state index < -0.39 is 10.4 Å². The summed E-state index contributed by atoms with van der Waals surface area (Å²) >= 11 is 0. The van der Waals surface area contributed by atoms with E-state index >= 15 is 0 Å². The van der Waals surface area contributed by atoms with E-state index in [-0.39, 0.29) is 29.6 Å². The van der Waals surface area contributed by atoms with Gasteiger partial charge in [-0.05, 0) is 0 Å². The van der Waals surface area contributed by atoms with Crippen LogP contribution in [0.5, 0.6) is 0 Å². The van der Waals surface area contributed by atoms with Crippen molar-refractivity contribution in [3.05, 3.63) is 0 Å². The third-order valence-corrected chi connectivity index (χ3v) is 2.96. The summed E-state index contributed by atoms with van der Waals surface area (Å²) in [6, 6.07) is 0. The van der Waals surface area contributed by atoms with Crippen molar-refractivity contribution < 1.29 is 47.1 Å². The van der Waals surface area contributed by atoms with E-state index in [9.17, 15) is 0 Å². The monoisotopic (exact) mass is 319 g/mol. The summed E-state index contributed by atoms with van der Waals surface area (Å²) in [5, 5.41) is 0. The molecule has 0 aliphatic rings. The van der Waals surface area contributed by atoms with Crippen LogP contribution in [0.1, 0.15) is 90.9 Å². The fourth-order valence-corrected chi connectivity index (χ4v) is 1.91. The van der Waals surface area contributed by atoms with Crippen LogP contribution in [0.2, 0.25) is 0 Å². The zero-order valence-electron chi connectivity index (χ0n) is 13.6. The van der Waals surface area contributed by atoms with Gasteiger partial charge < -0.3 is 0 Å². The molecule has 0 rings (SSSR count). The van der Waals surface area contributed by atoms with Gasteiger partial charge in [-0.3, -0.25) is 9.11 Å². The molecule has 2 N–H and O–H groups in total. The second kappa shape index (κ2) is 19.9. The summed E-state index contributed by atoms with van der Waals surface area (Å²) in [6.07, 6.45) is 17.4.